The first-order valence-corrected chi connectivity index (χ1v) is 12.9. The third kappa shape index (κ3) is 8.99. The lowest BCUT2D eigenvalue weighted by Crippen LogP contribution is -2.12. The van der Waals surface area contributed by atoms with E-state index in [1.165, 1.54) is 81.8 Å². The van der Waals surface area contributed by atoms with Crippen molar-refractivity contribution in [2.24, 2.45) is 5.41 Å². The van der Waals surface area contributed by atoms with Crippen LogP contribution in [0, 0.1) is 26.2 Å². The van der Waals surface area contributed by atoms with Crippen LogP contribution in [-0.2, 0) is 22.4 Å². The van der Waals surface area contributed by atoms with Crippen molar-refractivity contribution in [1.82, 2.24) is 0 Å². The maximum absolute atomic E-state index is 10.6. The van der Waals surface area contributed by atoms with Gasteiger partial charge in [0.2, 0.25) is 0 Å². The van der Waals surface area contributed by atoms with Gasteiger partial charge in [0.1, 0.15) is 5.60 Å². The van der Waals surface area contributed by atoms with Crippen molar-refractivity contribution in [3.63, 3.8) is 0 Å². The molecule has 0 heterocycles. The van der Waals surface area contributed by atoms with Crippen LogP contribution in [-0.4, -0.2) is 12.1 Å². The van der Waals surface area contributed by atoms with Gasteiger partial charge in [-0.3, -0.25) is 4.79 Å². The van der Waals surface area contributed by atoms with E-state index in [4.69, 9.17) is 4.74 Å². The van der Waals surface area contributed by atoms with Gasteiger partial charge in [-0.05, 0) is 112 Å². The van der Waals surface area contributed by atoms with E-state index < -0.39 is 0 Å². The molecule has 0 spiro atoms. The van der Waals surface area contributed by atoms with Crippen LogP contribution in [0.5, 0.6) is 0 Å². The molecular formula is C29H48O2. The van der Waals surface area contributed by atoms with Gasteiger partial charge in [0.25, 0.3) is 6.47 Å². The Bertz CT molecular complexity index is 692. The van der Waals surface area contributed by atoms with E-state index in [1.807, 2.05) is 0 Å². The van der Waals surface area contributed by atoms with E-state index in [1.54, 1.807) is 16.7 Å². The highest BCUT2D eigenvalue weighted by Gasteiger charge is 2.44. The molecule has 176 valence electrons. The lowest BCUT2D eigenvalue weighted by molar-refractivity contribution is -0.135. The quantitative estimate of drug-likeness (QED) is 0.207. The smallest absolute Gasteiger partial charge is 0.293 e. The van der Waals surface area contributed by atoms with Crippen LogP contribution in [0.25, 0.3) is 0 Å². The summed E-state index contributed by atoms with van der Waals surface area (Å²) in [5, 5.41) is 0. The molecular weight excluding hydrogens is 380 g/mol. The minimum Gasteiger partial charge on any atom is -0.461 e. The molecule has 2 rings (SSSR count). The third-order valence-electron chi connectivity index (χ3n) is 7.41. The van der Waals surface area contributed by atoms with Gasteiger partial charge in [0, 0.05) is 0 Å². The van der Waals surface area contributed by atoms with Crippen molar-refractivity contribution in [3.8, 4) is 0 Å². The lowest BCUT2D eigenvalue weighted by atomic mass is 9.87. The Morgan fingerprint density at radius 1 is 0.871 bits per heavy atom. The Balaban J connectivity index is 1.74. The van der Waals surface area contributed by atoms with Crippen LogP contribution in [0.3, 0.4) is 0 Å². The first-order chi connectivity index (χ1) is 14.7. The normalized spacial score (nSPS) is 15.2. The Kier molecular flexibility index (Phi) is 10.1. The fourth-order valence-electron chi connectivity index (χ4n) is 4.92. The summed E-state index contributed by atoms with van der Waals surface area (Å²) in [5.74, 6) is 0. The van der Waals surface area contributed by atoms with Crippen LogP contribution in [0.15, 0.2) is 6.07 Å². The summed E-state index contributed by atoms with van der Waals surface area (Å²) in [7, 11) is 0. The highest BCUT2D eigenvalue weighted by molar-refractivity contribution is 5.44. The molecule has 2 nitrogen and oxygen atoms in total. The van der Waals surface area contributed by atoms with Gasteiger partial charge >= 0.3 is 0 Å². The second kappa shape index (κ2) is 12.1. The highest BCUT2D eigenvalue weighted by Crippen LogP contribution is 2.43. The standard InChI is InChI=1S/C29H48O2/c1-23-21-26(15-11-7-9-13-17-28(4,5)6)25(3)27(24(23)2)16-12-8-10-14-18-29(19-20-29)31-22-30/h21-22H,7-20H2,1-6H3. The molecule has 0 N–H and O–H groups in total. The zero-order valence-electron chi connectivity index (χ0n) is 21.4. The molecule has 31 heavy (non-hydrogen) atoms. The number of hydrogen-bond acceptors (Lipinski definition) is 2. The summed E-state index contributed by atoms with van der Waals surface area (Å²) in [4.78, 5) is 10.6. The molecule has 0 amide bonds. The molecule has 0 aromatic heterocycles. The molecule has 1 aromatic rings. The number of benzene rings is 1. The Morgan fingerprint density at radius 3 is 2.10 bits per heavy atom. The molecule has 0 radical (unpaired) electrons. The summed E-state index contributed by atoms with van der Waals surface area (Å²) in [6.07, 6.45) is 17.3. The second-order valence-electron chi connectivity index (χ2n) is 11.4. The average Bonchev–Trinajstić information content (AvgIpc) is 3.46. The minimum atomic E-state index is -0.0763. The maximum atomic E-state index is 10.6. The van der Waals surface area contributed by atoms with Crippen molar-refractivity contribution in [2.45, 2.75) is 137 Å². The number of aryl methyl sites for hydroxylation is 2. The van der Waals surface area contributed by atoms with Crippen LogP contribution in [0.2, 0.25) is 0 Å². The molecule has 2 heteroatoms. The van der Waals surface area contributed by atoms with Gasteiger partial charge in [-0.1, -0.05) is 58.9 Å². The van der Waals surface area contributed by atoms with Crippen LogP contribution >= 0.6 is 0 Å². The van der Waals surface area contributed by atoms with Gasteiger partial charge in [-0.15, -0.1) is 0 Å². The van der Waals surface area contributed by atoms with Gasteiger partial charge in [0.15, 0.2) is 0 Å². The molecule has 0 saturated heterocycles. The first-order valence-electron chi connectivity index (χ1n) is 12.9. The van der Waals surface area contributed by atoms with E-state index >= 15 is 0 Å². The lowest BCUT2D eigenvalue weighted by Gasteiger charge is -2.18. The molecule has 0 aliphatic heterocycles. The van der Waals surface area contributed by atoms with E-state index in [-0.39, 0.29) is 5.60 Å². The topological polar surface area (TPSA) is 26.3 Å². The number of hydrogen-bond donors (Lipinski definition) is 0. The van der Waals surface area contributed by atoms with Crippen LogP contribution in [0.1, 0.15) is 126 Å². The first kappa shape index (κ1) is 25.9. The number of carbonyl (C=O) groups is 1. The van der Waals surface area contributed by atoms with E-state index in [0.29, 0.717) is 11.9 Å². The van der Waals surface area contributed by atoms with Gasteiger partial charge in [-0.25, -0.2) is 0 Å². The van der Waals surface area contributed by atoms with Crippen molar-refractivity contribution in [2.75, 3.05) is 0 Å². The Morgan fingerprint density at radius 2 is 1.48 bits per heavy atom. The number of ether oxygens (including phenoxy) is 1. The summed E-state index contributed by atoms with van der Waals surface area (Å²) >= 11 is 0. The van der Waals surface area contributed by atoms with Gasteiger partial charge in [-0.2, -0.15) is 0 Å². The molecule has 0 unspecified atom stereocenters. The Labute approximate surface area is 192 Å². The van der Waals surface area contributed by atoms with Crippen molar-refractivity contribution in [3.05, 3.63) is 33.9 Å². The summed E-state index contributed by atoms with van der Waals surface area (Å²) in [6.45, 7) is 14.6. The predicted octanol–water partition coefficient (Wildman–Crippen LogP) is 8.35. The molecule has 1 saturated carbocycles. The van der Waals surface area contributed by atoms with Crippen LogP contribution < -0.4 is 0 Å². The zero-order chi connectivity index (χ0) is 22.9. The molecule has 1 aromatic carbocycles. The largest absolute Gasteiger partial charge is 0.461 e. The average molecular weight is 429 g/mol. The number of carbonyl (C=O) groups excluding carboxylic acids is 1. The monoisotopic (exact) mass is 428 g/mol. The minimum absolute atomic E-state index is 0.0763. The van der Waals surface area contributed by atoms with Crippen molar-refractivity contribution in [1.29, 1.82) is 0 Å². The van der Waals surface area contributed by atoms with Gasteiger partial charge in [0.05, 0.1) is 0 Å². The summed E-state index contributed by atoms with van der Waals surface area (Å²) < 4.78 is 5.26. The second-order valence-corrected chi connectivity index (χ2v) is 11.4. The van der Waals surface area contributed by atoms with E-state index in [9.17, 15) is 4.79 Å². The van der Waals surface area contributed by atoms with E-state index in [0.717, 1.165) is 19.3 Å². The maximum Gasteiger partial charge on any atom is 0.293 e. The molecule has 0 atom stereocenters. The van der Waals surface area contributed by atoms with Crippen LogP contribution in [0.4, 0.5) is 0 Å². The number of unbranched alkanes of at least 4 members (excludes halogenated alkanes) is 6. The summed E-state index contributed by atoms with van der Waals surface area (Å²) in [5.41, 5.74) is 8.10. The molecule has 1 aliphatic rings. The van der Waals surface area contributed by atoms with Crippen molar-refractivity contribution < 1.29 is 9.53 Å². The zero-order valence-corrected chi connectivity index (χ0v) is 21.4. The number of rotatable bonds is 15. The fraction of sp³-hybridized carbons (Fsp3) is 0.759. The molecule has 0 bridgehead atoms. The predicted molar refractivity (Wildman–Crippen MR) is 133 cm³/mol. The molecule has 1 fully saturated rings. The SMILES string of the molecule is Cc1cc(CCCCCCC(C)(C)C)c(C)c(CCCCCCC2(OC=O)CC2)c1C. The Hall–Kier alpha value is -1.31. The fourth-order valence-corrected chi connectivity index (χ4v) is 4.92. The third-order valence-corrected chi connectivity index (χ3v) is 7.41. The molecule has 1 aliphatic carbocycles. The van der Waals surface area contributed by atoms with Gasteiger partial charge < -0.3 is 4.74 Å². The van der Waals surface area contributed by atoms with Crippen molar-refractivity contribution >= 4 is 6.47 Å². The highest BCUT2D eigenvalue weighted by atomic mass is 16.5. The van der Waals surface area contributed by atoms with E-state index in [2.05, 4.69) is 47.6 Å². The summed E-state index contributed by atoms with van der Waals surface area (Å²) in [6, 6.07) is 2.45.